The number of piperidine rings is 1. The van der Waals surface area contributed by atoms with Gasteiger partial charge in [-0.25, -0.2) is 0 Å². The van der Waals surface area contributed by atoms with E-state index < -0.39 is 0 Å². The van der Waals surface area contributed by atoms with E-state index in [1.165, 1.54) is 0 Å². The topological polar surface area (TPSA) is 87.5 Å². The van der Waals surface area contributed by atoms with Crippen LogP contribution in [-0.2, 0) is 4.79 Å². The van der Waals surface area contributed by atoms with Gasteiger partial charge in [0, 0.05) is 32.6 Å². The number of likely N-dealkylation sites (tertiary alicyclic amines) is 1. The number of rotatable bonds is 5. The lowest BCUT2D eigenvalue weighted by molar-refractivity contribution is -0.383. The first kappa shape index (κ1) is 15.1. The molecule has 1 aliphatic heterocycles. The summed E-state index contributed by atoms with van der Waals surface area (Å²) >= 11 is 0. The summed E-state index contributed by atoms with van der Waals surface area (Å²) in [5.41, 5.74) is 1.05. The summed E-state index contributed by atoms with van der Waals surface area (Å²) in [6, 6.07) is 5.22. The van der Waals surface area contributed by atoms with Crippen LogP contribution >= 0.6 is 0 Å². The van der Waals surface area contributed by atoms with Crippen molar-refractivity contribution in [1.29, 1.82) is 0 Å². The second-order valence-electron chi connectivity index (χ2n) is 5.14. The van der Waals surface area contributed by atoms with Crippen LogP contribution in [0.3, 0.4) is 0 Å². The predicted molar refractivity (Wildman–Crippen MR) is 81.5 cm³/mol. The third kappa shape index (κ3) is 3.42. The maximum Gasteiger partial charge on any atom is 0.315 e. The van der Waals surface area contributed by atoms with E-state index in [4.69, 9.17) is 0 Å². The van der Waals surface area contributed by atoms with Crippen molar-refractivity contribution < 1.29 is 9.72 Å². The molecule has 1 aromatic carbocycles. The normalized spacial score (nSPS) is 18.5. The summed E-state index contributed by atoms with van der Waals surface area (Å²) < 4.78 is 0. The molecule has 7 heteroatoms. The van der Waals surface area contributed by atoms with Crippen LogP contribution in [0.25, 0.3) is 0 Å². The summed E-state index contributed by atoms with van der Waals surface area (Å²) in [6.07, 6.45) is 1.15. The van der Waals surface area contributed by atoms with Crippen LogP contribution < -0.4 is 10.6 Å². The maximum atomic E-state index is 11.5. The zero-order valence-electron chi connectivity index (χ0n) is 12.3. The highest BCUT2D eigenvalue weighted by molar-refractivity contribution is 5.78. The third-order valence-electron chi connectivity index (χ3n) is 3.57. The Hall–Kier alpha value is -2.31. The molecule has 0 aromatic heterocycles. The van der Waals surface area contributed by atoms with Gasteiger partial charge < -0.3 is 15.5 Å². The lowest BCUT2D eigenvalue weighted by Gasteiger charge is -2.30. The molecular formula is C14H20N4O3. The van der Waals surface area contributed by atoms with E-state index in [2.05, 4.69) is 10.6 Å². The number of hydrogen-bond acceptors (Lipinski definition) is 5. The van der Waals surface area contributed by atoms with E-state index in [9.17, 15) is 14.9 Å². The first-order chi connectivity index (χ1) is 10.0. The number of nitrogens with zero attached hydrogens (tertiary/aromatic N) is 2. The molecule has 7 nitrogen and oxygen atoms in total. The molecule has 0 saturated carbocycles. The van der Waals surface area contributed by atoms with Crippen molar-refractivity contribution in [3.05, 3.63) is 28.3 Å². The zero-order chi connectivity index (χ0) is 15.4. The van der Waals surface area contributed by atoms with Gasteiger partial charge in [0.2, 0.25) is 5.91 Å². The van der Waals surface area contributed by atoms with E-state index in [1.807, 2.05) is 6.92 Å². The van der Waals surface area contributed by atoms with Gasteiger partial charge in [-0.05, 0) is 25.5 Å². The average Bonchev–Trinajstić information content (AvgIpc) is 2.43. The average molecular weight is 292 g/mol. The van der Waals surface area contributed by atoms with Crippen molar-refractivity contribution in [2.45, 2.75) is 25.8 Å². The minimum absolute atomic E-state index is 0.0308. The Morgan fingerprint density at radius 3 is 2.76 bits per heavy atom. The number of likely N-dealkylation sites (N-methyl/N-ethyl adjacent to an activating group) is 1. The molecule has 0 spiro atoms. The van der Waals surface area contributed by atoms with Gasteiger partial charge in [-0.1, -0.05) is 6.07 Å². The molecule has 0 bridgehead atoms. The minimum atomic E-state index is -0.377. The molecule has 21 heavy (non-hydrogen) atoms. The molecule has 1 saturated heterocycles. The molecular weight excluding hydrogens is 272 g/mol. The third-order valence-corrected chi connectivity index (χ3v) is 3.57. The van der Waals surface area contributed by atoms with Gasteiger partial charge in [0.1, 0.15) is 11.4 Å². The Bertz CT molecular complexity index is 547. The lowest BCUT2D eigenvalue weighted by atomic mass is 10.0. The molecule has 1 atom stereocenters. The standard InChI is InChI=1S/C14H20N4O3/c1-3-15-11-5-4-6-12(14(11)18(20)21)16-10-7-8-13(19)17(2)9-10/h4-6,10,15-16H,3,7-9H2,1-2H3. The van der Waals surface area contributed by atoms with Crippen molar-refractivity contribution in [1.82, 2.24) is 4.90 Å². The Kier molecular flexibility index (Phi) is 4.62. The van der Waals surface area contributed by atoms with Crippen molar-refractivity contribution in [3.8, 4) is 0 Å². The summed E-state index contributed by atoms with van der Waals surface area (Å²) in [7, 11) is 1.75. The van der Waals surface area contributed by atoms with Gasteiger partial charge in [0.15, 0.2) is 0 Å². The Balaban J connectivity index is 2.21. The summed E-state index contributed by atoms with van der Waals surface area (Å²) in [5, 5.41) is 17.5. The number of nitro groups is 1. The molecule has 1 fully saturated rings. The molecule has 0 aliphatic carbocycles. The maximum absolute atomic E-state index is 11.5. The number of carbonyl (C=O) groups is 1. The van der Waals surface area contributed by atoms with Crippen molar-refractivity contribution >= 4 is 23.0 Å². The Labute approximate surface area is 123 Å². The number of para-hydroxylation sites is 1. The largest absolute Gasteiger partial charge is 0.380 e. The van der Waals surface area contributed by atoms with Crippen LogP contribution in [0.15, 0.2) is 18.2 Å². The highest BCUT2D eigenvalue weighted by Crippen LogP contribution is 2.33. The number of benzene rings is 1. The molecule has 2 N–H and O–H groups in total. The minimum Gasteiger partial charge on any atom is -0.380 e. The zero-order valence-corrected chi connectivity index (χ0v) is 12.3. The first-order valence-corrected chi connectivity index (χ1v) is 7.04. The van der Waals surface area contributed by atoms with E-state index in [0.29, 0.717) is 37.3 Å². The molecule has 2 rings (SSSR count). The second-order valence-corrected chi connectivity index (χ2v) is 5.14. The fourth-order valence-corrected chi connectivity index (χ4v) is 2.54. The van der Waals surface area contributed by atoms with Crippen LogP contribution in [-0.4, -0.2) is 41.9 Å². The van der Waals surface area contributed by atoms with Gasteiger partial charge in [-0.15, -0.1) is 0 Å². The van der Waals surface area contributed by atoms with Crippen LogP contribution in [0.2, 0.25) is 0 Å². The highest BCUT2D eigenvalue weighted by Gasteiger charge is 2.26. The van der Waals surface area contributed by atoms with Gasteiger partial charge in [0.25, 0.3) is 0 Å². The van der Waals surface area contributed by atoms with E-state index in [1.54, 1.807) is 30.1 Å². The van der Waals surface area contributed by atoms with Gasteiger partial charge in [0.05, 0.1) is 4.92 Å². The molecule has 1 heterocycles. The summed E-state index contributed by atoms with van der Waals surface area (Å²) in [4.78, 5) is 24.1. The molecule has 0 radical (unpaired) electrons. The molecule has 1 aliphatic rings. The van der Waals surface area contributed by atoms with Crippen LogP contribution in [0.4, 0.5) is 17.1 Å². The first-order valence-electron chi connectivity index (χ1n) is 7.04. The molecule has 114 valence electrons. The molecule has 1 aromatic rings. The second kappa shape index (κ2) is 6.43. The van der Waals surface area contributed by atoms with Crippen molar-refractivity contribution in [2.24, 2.45) is 0 Å². The SMILES string of the molecule is CCNc1cccc(NC2CCC(=O)N(C)C2)c1[N+](=O)[O-]. The van der Waals surface area contributed by atoms with E-state index >= 15 is 0 Å². The Morgan fingerprint density at radius 2 is 2.14 bits per heavy atom. The van der Waals surface area contributed by atoms with Gasteiger partial charge in [-0.3, -0.25) is 14.9 Å². The Morgan fingerprint density at radius 1 is 1.43 bits per heavy atom. The highest BCUT2D eigenvalue weighted by atomic mass is 16.6. The van der Waals surface area contributed by atoms with Crippen LogP contribution in [0, 0.1) is 10.1 Å². The molecule has 1 amide bonds. The van der Waals surface area contributed by atoms with E-state index in [-0.39, 0.29) is 22.6 Å². The van der Waals surface area contributed by atoms with Gasteiger partial charge in [-0.2, -0.15) is 0 Å². The summed E-state index contributed by atoms with van der Waals surface area (Å²) in [5.74, 6) is 0.115. The van der Waals surface area contributed by atoms with Gasteiger partial charge >= 0.3 is 5.69 Å². The van der Waals surface area contributed by atoms with Crippen molar-refractivity contribution in [2.75, 3.05) is 30.8 Å². The monoisotopic (exact) mass is 292 g/mol. The number of hydrogen-bond donors (Lipinski definition) is 2. The van der Waals surface area contributed by atoms with Crippen molar-refractivity contribution in [3.63, 3.8) is 0 Å². The quantitative estimate of drug-likeness (QED) is 0.640. The summed E-state index contributed by atoms with van der Waals surface area (Å²) in [6.45, 7) is 3.07. The van der Waals surface area contributed by atoms with E-state index in [0.717, 1.165) is 0 Å². The number of amides is 1. The van der Waals surface area contributed by atoms with Crippen LogP contribution in [0.1, 0.15) is 19.8 Å². The molecule has 1 unspecified atom stereocenters. The number of nitro benzene ring substituents is 1. The fraction of sp³-hybridized carbons (Fsp3) is 0.500. The number of anilines is 2. The predicted octanol–water partition coefficient (Wildman–Crippen LogP) is 2.06. The fourth-order valence-electron chi connectivity index (χ4n) is 2.54. The van der Waals surface area contributed by atoms with Crippen LogP contribution in [0.5, 0.6) is 0 Å². The lowest BCUT2D eigenvalue weighted by Crippen LogP contribution is -2.43. The smallest absolute Gasteiger partial charge is 0.315 e. The number of carbonyl (C=O) groups excluding carboxylic acids is 1. The number of nitrogens with one attached hydrogen (secondary N) is 2.